The molecule has 2 rings (SSSR count). The second-order valence-corrected chi connectivity index (χ2v) is 3.47. The Hall–Kier alpha value is -1.60. The number of hydrogen-bond donors (Lipinski definition) is 2. The van der Waals surface area contributed by atoms with Crippen LogP contribution in [0.25, 0.3) is 0 Å². The van der Waals surface area contributed by atoms with Crippen molar-refractivity contribution in [3.05, 3.63) is 34.2 Å². The zero-order chi connectivity index (χ0) is 9.97. The van der Waals surface area contributed by atoms with Gasteiger partial charge in [-0.05, 0) is 6.07 Å². The molecule has 0 saturated carbocycles. The van der Waals surface area contributed by atoms with E-state index in [4.69, 9.17) is 5.26 Å². The molecule has 0 radical (unpaired) electrons. The monoisotopic (exact) mass is 189 g/mol. The van der Waals surface area contributed by atoms with E-state index in [0.29, 0.717) is 6.54 Å². The van der Waals surface area contributed by atoms with Gasteiger partial charge in [-0.3, -0.25) is 4.79 Å². The van der Waals surface area contributed by atoms with E-state index >= 15 is 0 Å². The molecule has 0 aromatic carbocycles. The highest BCUT2D eigenvalue weighted by Crippen LogP contribution is 2.24. The average Bonchev–Trinajstić information content (AvgIpc) is 2.65. The zero-order valence-electron chi connectivity index (χ0n) is 7.66. The largest absolute Gasteiger partial charge is 0.326 e. The first-order chi connectivity index (χ1) is 6.81. The maximum Gasteiger partial charge on any atom is 0.248 e. The fourth-order valence-electron chi connectivity index (χ4n) is 1.82. The van der Waals surface area contributed by atoms with E-state index in [1.165, 1.54) is 6.07 Å². The van der Waals surface area contributed by atoms with Crippen LogP contribution in [0.4, 0.5) is 0 Å². The molecule has 1 aliphatic rings. The molecule has 4 nitrogen and oxygen atoms in total. The highest BCUT2D eigenvalue weighted by molar-refractivity contribution is 5.17. The van der Waals surface area contributed by atoms with Crippen LogP contribution in [-0.2, 0) is 0 Å². The lowest BCUT2D eigenvalue weighted by Gasteiger charge is -2.11. The summed E-state index contributed by atoms with van der Waals surface area (Å²) < 4.78 is 0. The minimum atomic E-state index is -0.105. The number of hydrogen-bond acceptors (Lipinski definition) is 3. The van der Waals surface area contributed by atoms with E-state index in [2.05, 4.69) is 16.4 Å². The Bertz CT molecular complexity index is 418. The van der Waals surface area contributed by atoms with Crippen LogP contribution >= 0.6 is 0 Å². The normalized spacial score (nSPS) is 25.9. The van der Waals surface area contributed by atoms with E-state index in [-0.39, 0.29) is 17.4 Å². The summed E-state index contributed by atoms with van der Waals surface area (Å²) in [5.74, 6) is 0.0851. The molecule has 1 unspecified atom stereocenters. The number of aromatic amines is 1. The predicted octanol–water partition coefficient (Wildman–Crippen LogP) is 0.201. The van der Waals surface area contributed by atoms with Gasteiger partial charge in [-0.15, -0.1) is 0 Å². The van der Waals surface area contributed by atoms with Crippen molar-refractivity contribution in [2.45, 2.75) is 5.92 Å². The zero-order valence-corrected chi connectivity index (χ0v) is 7.66. The van der Waals surface area contributed by atoms with E-state index in [9.17, 15) is 4.79 Å². The summed E-state index contributed by atoms with van der Waals surface area (Å²) in [7, 11) is 0. The lowest BCUT2D eigenvalue weighted by molar-refractivity contribution is 0.627. The van der Waals surface area contributed by atoms with Crippen molar-refractivity contribution in [1.29, 1.82) is 5.26 Å². The summed E-state index contributed by atoms with van der Waals surface area (Å²) in [5.41, 5.74) is 0.750. The van der Waals surface area contributed by atoms with Crippen molar-refractivity contribution >= 4 is 0 Å². The first kappa shape index (κ1) is 8.97. The molecule has 72 valence electrons. The van der Waals surface area contributed by atoms with Gasteiger partial charge < -0.3 is 10.3 Å². The molecule has 2 atom stereocenters. The molecule has 2 heterocycles. The third kappa shape index (κ3) is 1.54. The lowest BCUT2D eigenvalue weighted by atomic mass is 9.94. The number of nitrogens with zero attached hydrogens (tertiary/aromatic N) is 1. The Balaban J connectivity index is 2.31. The van der Waals surface area contributed by atoms with Crippen LogP contribution in [0.3, 0.4) is 0 Å². The van der Waals surface area contributed by atoms with Gasteiger partial charge in [0, 0.05) is 30.8 Å². The Labute approximate surface area is 81.6 Å². The van der Waals surface area contributed by atoms with Gasteiger partial charge in [0.1, 0.15) is 0 Å². The molecule has 14 heavy (non-hydrogen) atoms. The second-order valence-electron chi connectivity index (χ2n) is 3.47. The van der Waals surface area contributed by atoms with Gasteiger partial charge in [0.25, 0.3) is 0 Å². The first-order valence-corrected chi connectivity index (χ1v) is 4.61. The Morgan fingerprint density at radius 3 is 3.00 bits per heavy atom. The summed E-state index contributed by atoms with van der Waals surface area (Å²) >= 11 is 0. The van der Waals surface area contributed by atoms with Crippen molar-refractivity contribution < 1.29 is 0 Å². The molecular weight excluding hydrogens is 178 g/mol. The smallest absolute Gasteiger partial charge is 0.248 e. The molecule has 1 aromatic rings. The third-order valence-electron chi connectivity index (χ3n) is 2.57. The fourth-order valence-corrected chi connectivity index (χ4v) is 1.82. The molecule has 0 bridgehead atoms. The van der Waals surface area contributed by atoms with Gasteiger partial charge in [-0.25, -0.2) is 0 Å². The molecule has 4 heteroatoms. The lowest BCUT2D eigenvalue weighted by Crippen LogP contribution is -2.15. The number of pyridine rings is 1. The summed E-state index contributed by atoms with van der Waals surface area (Å²) in [4.78, 5) is 13.8. The van der Waals surface area contributed by atoms with Crippen LogP contribution in [0, 0.1) is 17.2 Å². The van der Waals surface area contributed by atoms with Gasteiger partial charge in [-0.1, -0.05) is 6.07 Å². The number of aromatic nitrogens is 1. The van der Waals surface area contributed by atoms with E-state index in [1.54, 1.807) is 6.07 Å². The first-order valence-electron chi connectivity index (χ1n) is 4.61. The highest BCUT2D eigenvalue weighted by atomic mass is 16.1. The summed E-state index contributed by atoms with van der Waals surface area (Å²) in [5, 5.41) is 12.0. The van der Waals surface area contributed by atoms with Crippen molar-refractivity contribution in [1.82, 2.24) is 10.3 Å². The Morgan fingerprint density at radius 2 is 2.29 bits per heavy atom. The van der Waals surface area contributed by atoms with Crippen molar-refractivity contribution in [2.75, 3.05) is 13.1 Å². The van der Waals surface area contributed by atoms with Crippen LogP contribution in [0.15, 0.2) is 23.0 Å². The van der Waals surface area contributed by atoms with Crippen LogP contribution in [0.5, 0.6) is 0 Å². The molecule has 1 fully saturated rings. The van der Waals surface area contributed by atoms with E-state index < -0.39 is 0 Å². The summed E-state index contributed by atoms with van der Waals surface area (Å²) in [6.45, 7) is 1.47. The van der Waals surface area contributed by atoms with Crippen molar-refractivity contribution in [2.24, 2.45) is 5.92 Å². The Kier molecular flexibility index (Phi) is 2.33. The third-order valence-corrected chi connectivity index (χ3v) is 2.57. The SMILES string of the molecule is N#C[C@@H]1CNCC1c1cccc(=O)[nH]1. The van der Waals surface area contributed by atoms with Gasteiger partial charge in [-0.2, -0.15) is 5.26 Å². The minimum Gasteiger partial charge on any atom is -0.326 e. The average molecular weight is 189 g/mol. The van der Waals surface area contributed by atoms with E-state index in [0.717, 1.165) is 12.2 Å². The van der Waals surface area contributed by atoms with Crippen LogP contribution in [-0.4, -0.2) is 18.1 Å². The molecule has 0 aliphatic carbocycles. The van der Waals surface area contributed by atoms with Crippen LogP contribution in [0.2, 0.25) is 0 Å². The second kappa shape index (κ2) is 3.64. The molecule has 1 aliphatic heterocycles. The van der Waals surface area contributed by atoms with Gasteiger partial charge in [0.05, 0.1) is 12.0 Å². The van der Waals surface area contributed by atoms with Crippen molar-refractivity contribution in [3.63, 3.8) is 0 Å². The maximum absolute atomic E-state index is 11.1. The summed E-state index contributed by atoms with van der Waals surface area (Å²) in [6, 6.07) is 7.31. The predicted molar refractivity (Wildman–Crippen MR) is 51.8 cm³/mol. The highest BCUT2D eigenvalue weighted by Gasteiger charge is 2.28. The molecule has 1 aromatic heterocycles. The standard InChI is InChI=1S/C10H11N3O/c11-4-7-5-12-6-8(7)9-2-1-3-10(14)13-9/h1-3,7-8,12H,5-6H2,(H,13,14)/t7-,8?/m1/s1. The fraction of sp³-hybridized carbons (Fsp3) is 0.400. The molecule has 2 N–H and O–H groups in total. The molecule has 0 spiro atoms. The van der Waals surface area contributed by atoms with Crippen LogP contribution in [0.1, 0.15) is 11.6 Å². The maximum atomic E-state index is 11.1. The Morgan fingerprint density at radius 1 is 1.43 bits per heavy atom. The van der Waals surface area contributed by atoms with Gasteiger partial charge >= 0.3 is 0 Å². The molecular formula is C10H11N3O. The summed E-state index contributed by atoms with van der Waals surface area (Å²) in [6.07, 6.45) is 0. The number of nitriles is 1. The van der Waals surface area contributed by atoms with Gasteiger partial charge in [0.15, 0.2) is 0 Å². The molecule has 0 amide bonds. The van der Waals surface area contributed by atoms with Crippen LogP contribution < -0.4 is 10.9 Å². The minimum absolute atomic E-state index is 0.0342. The number of nitrogens with one attached hydrogen (secondary N) is 2. The quantitative estimate of drug-likeness (QED) is 0.663. The molecule has 1 saturated heterocycles. The van der Waals surface area contributed by atoms with Gasteiger partial charge in [0.2, 0.25) is 5.56 Å². The number of rotatable bonds is 1. The van der Waals surface area contributed by atoms with E-state index in [1.807, 2.05) is 6.07 Å². The number of H-pyrrole nitrogens is 1. The van der Waals surface area contributed by atoms with Crippen molar-refractivity contribution in [3.8, 4) is 6.07 Å². The topological polar surface area (TPSA) is 68.7 Å².